The number of hydrogen-bond donors (Lipinski definition) is 2. The van der Waals surface area contributed by atoms with Crippen LogP contribution in [0.5, 0.6) is 0 Å². The molecule has 0 saturated carbocycles. The van der Waals surface area contributed by atoms with Gasteiger partial charge in [0.25, 0.3) is 0 Å². The molecule has 0 aliphatic heterocycles. The predicted octanol–water partition coefficient (Wildman–Crippen LogP) is 7.77. The molecule has 0 aromatic carbocycles. The molecule has 0 radical (unpaired) electrons. The van der Waals surface area contributed by atoms with Gasteiger partial charge in [0.1, 0.15) is 5.82 Å². The quantitative estimate of drug-likeness (QED) is 0.395. The Morgan fingerprint density at radius 3 is 2.34 bits per heavy atom. The van der Waals surface area contributed by atoms with E-state index in [1.54, 1.807) is 6.20 Å². The fourth-order valence-corrected chi connectivity index (χ4v) is 2.88. The number of anilines is 2. The number of H-pyrrole nitrogens is 1. The van der Waals surface area contributed by atoms with Crippen molar-refractivity contribution in [3.05, 3.63) is 71.4 Å². The molecule has 32 heavy (non-hydrogen) atoms. The lowest BCUT2D eigenvalue weighted by Gasteiger charge is -2.07. The Labute approximate surface area is 194 Å². The van der Waals surface area contributed by atoms with Crippen molar-refractivity contribution >= 4 is 17.7 Å². The van der Waals surface area contributed by atoms with Gasteiger partial charge in [-0.2, -0.15) is 5.10 Å². The highest BCUT2D eigenvalue weighted by molar-refractivity contribution is 5.54. The molecule has 174 valence electrons. The van der Waals surface area contributed by atoms with Gasteiger partial charge in [-0.3, -0.25) is 10.1 Å². The molecule has 5 heteroatoms. The zero-order valence-electron chi connectivity index (χ0n) is 21.1. The second-order valence-electron chi connectivity index (χ2n) is 8.17. The molecule has 0 aliphatic rings. The number of aryl methyl sites for hydroxylation is 1. The van der Waals surface area contributed by atoms with Gasteiger partial charge in [-0.15, -0.1) is 0 Å². The van der Waals surface area contributed by atoms with E-state index in [0.29, 0.717) is 11.8 Å². The molecule has 0 atom stereocenters. The standard InChI is InChI=1S/C16H23N5.C11H18/c1-5-7-12-13(8-6-2)18-16(10-17-12)19-15-9-14(11(3)4)20-21-15;1-5-7-9-11(8-6-2)10(3)4/h5,7,9-11H,6,8H2,1-4H3,(H2,18,19,20,21);5-10H,1-4H3/b7-5-;7-5-,8-6-,11-9+. The fraction of sp³-hybridized carbons (Fsp3) is 0.444. The first-order valence-corrected chi connectivity index (χ1v) is 11.6. The number of rotatable bonds is 9. The van der Waals surface area contributed by atoms with E-state index < -0.39 is 0 Å². The van der Waals surface area contributed by atoms with Crippen LogP contribution in [0.25, 0.3) is 6.08 Å². The summed E-state index contributed by atoms with van der Waals surface area (Å²) in [6.07, 6.45) is 18.2. The summed E-state index contributed by atoms with van der Waals surface area (Å²) in [5, 5.41) is 10.5. The van der Waals surface area contributed by atoms with E-state index in [1.165, 1.54) is 5.57 Å². The molecule has 5 nitrogen and oxygen atoms in total. The van der Waals surface area contributed by atoms with Gasteiger partial charge in [0.2, 0.25) is 0 Å². The Hall–Kier alpha value is -2.95. The minimum atomic E-state index is 0.423. The average molecular weight is 436 g/mol. The first-order chi connectivity index (χ1) is 15.4. The molecule has 2 N–H and O–H groups in total. The second kappa shape index (κ2) is 15.0. The number of hydrogen-bond acceptors (Lipinski definition) is 4. The van der Waals surface area contributed by atoms with Crippen molar-refractivity contribution in [3.63, 3.8) is 0 Å². The van der Waals surface area contributed by atoms with Crippen LogP contribution in [0.4, 0.5) is 11.6 Å². The number of nitrogens with one attached hydrogen (secondary N) is 2. The maximum atomic E-state index is 4.65. The summed E-state index contributed by atoms with van der Waals surface area (Å²) in [6, 6.07) is 2.01. The molecule has 0 bridgehead atoms. The number of aromatic amines is 1. The number of aromatic nitrogens is 4. The van der Waals surface area contributed by atoms with Crippen LogP contribution in [0.2, 0.25) is 0 Å². The lowest BCUT2D eigenvalue weighted by Crippen LogP contribution is -2.02. The topological polar surface area (TPSA) is 66.5 Å². The highest BCUT2D eigenvalue weighted by atomic mass is 15.2. The van der Waals surface area contributed by atoms with Gasteiger partial charge in [0, 0.05) is 11.8 Å². The first kappa shape index (κ1) is 27.1. The molecule has 0 amide bonds. The van der Waals surface area contributed by atoms with E-state index in [9.17, 15) is 0 Å². The monoisotopic (exact) mass is 435 g/mol. The van der Waals surface area contributed by atoms with E-state index in [-0.39, 0.29) is 0 Å². The molecule has 2 aromatic rings. The third-order valence-electron chi connectivity index (χ3n) is 4.67. The molecule has 0 fully saturated rings. The molecule has 0 unspecified atom stereocenters. The maximum Gasteiger partial charge on any atom is 0.153 e. The molecule has 0 spiro atoms. The van der Waals surface area contributed by atoms with E-state index in [4.69, 9.17) is 0 Å². The van der Waals surface area contributed by atoms with Crippen molar-refractivity contribution in [3.8, 4) is 0 Å². The van der Waals surface area contributed by atoms with Gasteiger partial charge in [-0.1, -0.05) is 77.5 Å². The molecular weight excluding hydrogens is 394 g/mol. The summed E-state index contributed by atoms with van der Waals surface area (Å²) in [5.74, 6) is 2.54. The van der Waals surface area contributed by atoms with Gasteiger partial charge in [0.05, 0.1) is 17.6 Å². The Morgan fingerprint density at radius 2 is 1.81 bits per heavy atom. The lowest BCUT2D eigenvalue weighted by atomic mass is 10.0. The molecule has 2 rings (SSSR count). The summed E-state index contributed by atoms with van der Waals surface area (Å²) in [4.78, 5) is 9.13. The molecule has 2 aromatic heterocycles. The van der Waals surface area contributed by atoms with Gasteiger partial charge >= 0.3 is 0 Å². The summed E-state index contributed by atoms with van der Waals surface area (Å²) in [6.45, 7) is 16.9. The highest BCUT2D eigenvalue weighted by Crippen LogP contribution is 2.19. The second-order valence-corrected chi connectivity index (χ2v) is 8.17. The van der Waals surface area contributed by atoms with Crippen molar-refractivity contribution in [2.75, 3.05) is 5.32 Å². The van der Waals surface area contributed by atoms with Crippen LogP contribution in [0, 0.1) is 5.92 Å². The maximum absolute atomic E-state index is 4.65. The Kier molecular flexibility index (Phi) is 12.7. The van der Waals surface area contributed by atoms with Crippen LogP contribution in [-0.2, 0) is 6.42 Å². The Bertz CT molecular complexity index is 914. The van der Waals surface area contributed by atoms with Crippen LogP contribution in [0.1, 0.15) is 84.8 Å². The van der Waals surface area contributed by atoms with Gasteiger partial charge < -0.3 is 5.32 Å². The summed E-state index contributed by atoms with van der Waals surface area (Å²) >= 11 is 0. The summed E-state index contributed by atoms with van der Waals surface area (Å²) in [5.41, 5.74) is 4.44. The first-order valence-electron chi connectivity index (χ1n) is 11.6. The van der Waals surface area contributed by atoms with Crippen LogP contribution in [-0.4, -0.2) is 20.2 Å². The lowest BCUT2D eigenvalue weighted by molar-refractivity contribution is 0.791. The largest absolute Gasteiger partial charge is 0.322 e. The SMILES string of the molecule is C/C=C\c1ncc(Nc2cc(C(C)C)[nH]n2)nc1CCC.C\C=C/C=C(\C=C/C)C(C)C. The van der Waals surface area contributed by atoms with Crippen LogP contribution < -0.4 is 5.32 Å². The molecular formula is C27H41N5. The van der Waals surface area contributed by atoms with E-state index in [0.717, 1.165) is 41.6 Å². The molecule has 0 aliphatic carbocycles. The zero-order chi connectivity index (χ0) is 23.9. The van der Waals surface area contributed by atoms with Crippen LogP contribution >= 0.6 is 0 Å². The minimum Gasteiger partial charge on any atom is -0.322 e. The fourth-order valence-electron chi connectivity index (χ4n) is 2.88. The minimum absolute atomic E-state index is 0.423. The van der Waals surface area contributed by atoms with Gasteiger partial charge in [0.15, 0.2) is 5.82 Å². The van der Waals surface area contributed by atoms with Crippen molar-refractivity contribution in [2.24, 2.45) is 5.92 Å². The zero-order valence-corrected chi connectivity index (χ0v) is 21.1. The predicted molar refractivity (Wildman–Crippen MR) is 139 cm³/mol. The number of allylic oxidation sites excluding steroid dienone is 7. The van der Waals surface area contributed by atoms with Crippen molar-refractivity contribution in [2.45, 2.75) is 74.1 Å². The molecule has 2 heterocycles. The summed E-state index contributed by atoms with van der Waals surface area (Å²) in [7, 11) is 0. The van der Waals surface area contributed by atoms with Gasteiger partial charge in [-0.25, -0.2) is 4.98 Å². The van der Waals surface area contributed by atoms with E-state index in [2.05, 4.69) is 84.4 Å². The molecule has 0 saturated heterocycles. The van der Waals surface area contributed by atoms with E-state index in [1.807, 2.05) is 45.1 Å². The third kappa shape index (κ3) is 9.46. The van der Waals surface area contributed by atoms with Crippen LogP contribution in [0.3, 0.4) is 0 Å². The van der Waals surface area contributed by atoms with Crippen molar-refractivity contribution < 1.29 is 0 Å². The smallest absolute Gasteiger partial charge is 0.153 e. The Morgan fingerprint density at radius 1 is 1.06 bits per heavy atom. The summed E-state index contributed by atoms with van der Waals surface area (Å²) < 4.78 is 0. The van der Waals surface area contributed by atoms with Crippen molar-refractivity contribution in [1.82, 2.24) is 20.2 Å². The van der Waals surface area contributed by atoms with Gasteiger partial charge in [-0.05, 0) is 50.7 Å². The Balaban J connectivity index is 0.000000396. The van der Waals surface area contributed by atoms with Crippen molar-refractivity contribution in [1.29, 1.82) is 0 Å². The third-order valence-corrected chi connectivity index (χ3v) is 4.67. The highest BCUT2D eigenvalue weighted by Gasteiger charge is 2.08. The van der Waals surface area contributed by atoms with Crippen LogP contribution in [0.15, 0.2) is 54.3 Å². The van der Waals surface area contributed by atoms with E-state index >= 15 is 0 Å². The average Bonchev–Trinajstić information content (AvgIpc) is 3.22. The normalized spacial score (nSPS) is 12.4. The number of nitrogens with zero attached hydrogens (tertiary/aromatic N) is 3.